The molecule has 1 N–H and O–H groups in total. The molecule has 2 rings (SSSR count). The molecular formula is C16H17ClN2O2. The highest BCUT2D eigenvalue weighted by Crippen LogP contribution is 2.25. The maximum absolute atomic E-state index is 10.7. The Morgan fingerprint density at radius 3 is 2.24 bits per heavy atom. The molecule has 2 aromatic carbocycles. The van der Waals surface area contributed by atoms with Crippen LogP contribution in [-0.4, -0.2) is 4.92 Å². The van der Waals surface area contributed by atoms with Gasteiger partial charge >= 0.3 is 0 Å². The van der Waals surface area contributed by atoms with Gasteiger partial charge in [0.15, 0.2) is 0 Å². The van der Waals surface area contributed by atoms with Crippen LogP contribution in [0.4, 0.5) is 5.69 Å². The van der Waals surface area contributed by atoms with Crippen LogP contribution in [0.2, 0.25) is 5.02 Å². The Morgan fingerprint density at radius 2 is 1.67 bits per heavy atom. The first-order valence-electron chi connectivity index (χ1n) is 6.74. The lowest BCUT2D eigenvalue weighted by Gasteiger charge is -2.21. The van der Waals surface area contributed by atoms with Gasteiger partial charge in [-0.15, -0.1) is 0 Å². The smallest absolute Gasteiger partial charge is 0.269 e. The van der Waals surface area contributed by atoms with E-state index in [2.05, 4.69) is 5.32 Å². The number of benzene rings is 2. The molecule has 0 fully saturated rings. The number of nitrogens with zero attached hydrogens (tertiary/aromatic N) is 1. The second-order valence-corrected chi connectivity index (χ2v) is 5.39. The number of hydrogen-bond donors (Lipinski definition) is 1. The fourth-order valence-electron chi connectivity index (χ4n) is 2.27. The molecule has 2 atom stereocenters. The molecule has 0 aliphatic rings. The van der Waals surface area contributed by atoms with Crippen LogP contribution < -0.4 is 5.32 Å². The molecule has 110 valence electrons. The molecule has 21 heavy (non-hydrogen) atoms. The molecule has 0 saturated heterocycles. The van der Waals surface area contributed by atoms with Gasteiger partial charge in [0.2, 0.25) is 0 Å². The maximum Gasteiger partial charge on any atom is 0.269 e. The average molecular weight is 305 g/mol. The zero-order chi connectivity index (χ0) is 15.4. The molecule has 5 heteroatoms. The van der Waals surface area contributed by atoms with Crippen molar-refractivity contribution in [1.29, 1.82) is 0 Å². The summed E-state index contributed by atoms with van der Waals surface area (Å²) in [7, 11) is 0. The van der Waals surface area contributed by atoms with Crippen LogP contribution in [-0.2, 0) is 0 Å². The molecule has 0 radical (unpaired) electrons. The molecule has 4 nitrogen and oxygen atoms in total. The van der Waals surface area contributed by atoms with Crippen LogP contribution in [0.25, 0.3) is 0 Å². The van der Waals surface area contributed by atoms with Gasteiger partial charge in [-0.3, -0.25) is 10.1 Å². The number of nitro groups is 1. The van der Waals surface area contributed by atoms with Crippen molar-refractivity contribution >= 4 is 17.3 Å². The zero-order valence-electron chi connectivity index (χ0n) is 11.9. The number of nitrogens with one attached hydrogen (secondary N) is 1. The lowest BCUT2D eigenvalue weighted by atomic mass is 10.0. The molecule has 1 unspecified atom stereocenters. The largest absolute Gasteiger partial charge is 0.304 e. The highest BCUT2D eigenvalue weighted by Gasteiger charge is 2.14. The van der Waals surface area contributed by atoms with Crippen LogP contribution >= 0.6 is 11.6 Å². The summed E-state index contributed by atoms with van der Waals surface area (Å²) < 4.78 is 0. The SMILES string of the molecule is CC(N[C@H](C)c1ccccc1Cl)c1ccc([N+](=O)[O-])cc1. The van der Waals surface area contributed by atoms with Crippen LogP contribution in [0, 0.1) is 10.1 Å². The van der Waals surface area contributed by atoms with Gasteiger partial charge in [0.1, 0.15) is 0 Å². The van der Waals surface area contributed by atoms with Gasteiger partial charge in [-0.05, 0) is 31.0 Å². The first kappa shape index (κ1) is 15.5. The molecular weight excluding hydrogens is 288 g/mol. The second kappa shape index (κ2) is 6.70. The van der Waals surface area contributed by atoms with Crippen molar-refractivity contribution in [2.24, 2.45) is 0 Å². The number of rotatable bonds is 5. The van der Waals surface area contributed by atoms with Crippen molar-refractivity contribution in [2.75, 3.05) is 0 Å². The van der Waals surface area contributed by atoms with Gasteiger partial charge < -0.3 is 5.32 Å². The van der Waals surface area contributed by atoms with Crippen molar-refractivity contribution in [1.82, 2.24) is 5.32 Å². The summed E-state index contributed by atoms with van der Waals surface area (Å²) in [5, 5.41) is 14.8. The first-order valence-corrected chi connectivity index (χ1v) is 7.11. The van der Waals surface area contributed by atoms with E-state index in [0.717, 1.165) is 16.1 Å². The summed E-state index contributed by atoms with van der Waals surface area (Å²) in [4.78, 5) is 10.3. The Morgan fingerprint density at radius 1 is 1.05 bits per heavy atom. The normalized spacial score (nSPS) is 13.7. The quantitative estimate of drug-likeness (QED) is 0.645. The Hall–Kier alpha value is -1.91. The summed E-state index contributed by atoms with van der Waals surface area (Å²) in [5.74, 6) is 0. The Labute approximate surface area is 128 Å². The molecule has 0 aliphatic carbocycles. The summed E-state index contributed by atoms with van der Waals surface area (Å²) in [6.07, 6.45) is 0. The average Bonchev–Trinajstić information content (AvgIpc) is 2.47. The minimum atomic E-state index is -0.395. The highest BCUT2D eigenvalue weighted by molar-refractivity contribution is 6.31. The van der Waals surface area contributed by atoms with Gasteiger partial charge in [-0.25, -0.2) is 0 Å². The summed E-state index contributed by atoms with van der Waals surface area (Å²) in [5.41, 5.74) is 2.14. The molecule has 0 saturated carbocycles. The number of non-ortho nitro benzene ring substituents is 1. The fourth-order valence-corrected chi connectivity index (χ4v) is 2.57. The minimum Gasteiger partial charge on any atom is -0.304 e. The number of halogens is 1. The van der Waals surface area contributed by atoms with E-state index in [1.165, 1.54) is 12.1 Å². The predicted octanol–water partition coefficient (Wildman–Crippen LogP) is 4.66. The minimum absolute atomic E-state index is 0.0667. The Bertz CT molecular complexity index is 628. The van der Waals surface area contributed by atoms with Crippen LogP contribution in [0.5, 0.6) is 0 Å². The summed E-state index contributed by atoms with van der Waals surface area (Å²) in [6.45, 7) is 4.07. The zero-order valence-corrected chi connectivity index (χ0v) is 12.7. The van der Waals surface area contributed by atoms with Crippen molar-refractivity contribution in [3.8, 4) is 0 Å². The van der Waals surface area contributed by atoms with Gasteiger partial charge in [0.25, 0.3) is 5.69 Å². The number of hydrogen-bond acceptors (Lipinski definition) is 3. The lowest BCUT2D eigenvalue weighted by molar-refractivity contribution is -0.384. The fraction of sp³-hybridized carbons (Fsp3) is 0.250. The molecule has 0 aromatic heterocycles. The molecule has 0 heterocycles. The molecule has 0 amide bonds. The summed E-state index contributed by atoms with van der Waals surface area (Å²) in [6, 6.07) is 14.5. The van der Waals surface area contributed by atoms with E-state index >= 15 is 0 Å². The van der Waals surface area contributed by atoms with Gasteiger partial charge in [0, 0.05) is 29.2 Å². The van der Waals surface area contributed by atoms with Gasteiger partial charge in [-0.2, -0.15) is 0 Å². The Balaban J connectivity index is 2.09. The van der Waals surface area contributed by atoms with Gasteiger partial charge in [0.05, 0.1) is 4.92 Å². The third-order valence-corrected chi connectivity index (χ3v) is 3.82. The van der Waals surface area contributed by atoms with Crippen LogP contribution in [0.3, 0.4) is 0 Å². The van der Waals surface area contributed by atoms with Crippen molar-refractivity contribution in [2.45, 2.75) is 25.9 Å². The standard InChI is InChI=1S/C16H17ClN2O2/c1-11(13-7-9-14(10-8-13)19(20)21)18-12(2)15-5-3-4-6-16(15)17/h3-12,18H,1-2H3/t11?,12-/m1/s1. The third-order valence-electron chi connectivity index (χ3n) is 3.48. The van der Waals surface area contributed by atoms with Crippen LogP contribution in [0.15, 0.2) is 48.5 Å². The third kappa shape index (κ3) is 3.80. The topological polar surface area (TPSA) is 55.2 Å². The highest BCUT2D eigenvalue weighted by atomic mass is 35.5. The summed E-state index contributed by atoms with van der Waals surface area (Å²) >= 11 is 6.19. The van der Waals surface area contributed by atoms with E-state index in [0.29, 0.717) is 0 Å². The van der Waals surface area contributed by atoms with Crippen molar-refractivity contribution < 1.29 is 4.92 Å². The van der Waals surface area contributed by atoms with E-state index in [9.17, 15) is 10.1 Å². The lowest BCUT2D eigenvalue weighted by Crippen LogP contribution is -2.22. The van der Waals surface area contributed by atoms with Gasteiger partial charge in [-0.1, -0.05) is 41.9 Å². The number of nitro benzene ring substituents is 1. The van der Waals surface area contributed by atoms with E-state index in [4.69, 9.17) is 11.6 Å². The first-order chi connectivity index (χ1) is 9.99. The van der Waals surface area contributed by atoms with Crippen LogP contribution in [0.1, 0.15) is 37.1 Å². The monoisotopic (exact) mass is 304 g/mol. The maximum atomic E-state index is 10.7. The van der Waals surface area contributed by atoms with E-state index in [-0.39, 0.29) is 17.8 Å². The predicted molar refractivity (Wildman–Crippen MR) is 84.5 cm³/mol. The van der Waals surface area contributed by atoms with Crippen molar-refractivity contribution in [3.05, 3.63) is 74.8 Å². The Kier molecular flexibility index (Phi) is 4.94. The van der Waals surface area contributed by atoms with E-state index in [1.54, 1.807) is 12.1 Å². The molecule has 0 spiro atoms. The molecule has 0 aliphatic heterocycles. The second-order valence-electron chi connectivity index (χ2n) is 4.98. The molecule has 2 aromatic rings. The van der Waals surface area contributed by atoms with Crippen molar-refractivity contribution in [3.63, 3.8) is 0 Å². The van der Waals surface area contributed by atoms with E-state index in [1.807, 2.05) is 38.1 Å². The van der Waals surface area contributed by atoms with E-state index < -0.39 is 4.92 Å². The molecule has 0 bridgehead atoms.